The zero-order valence-electron chi connectivity index (χ0n) is 17.8. The van der Waals surface area contributed by atoms with Crippen LogP contribution in [0, 0.1) is 0 Å². The molecule has 0 aliphatic rings. The normalized spacial score (nSPS) is 13.8. The van der Waals surface area contributed by atoms with Crippen LogP contribution in [0.4, 0.5) is 0 Å². The summed E-state index contributed by atoms with van der Waals surface area (Å²) >= 11 is 0. The largest absolute Gasteiger partial charge is 0.389 e. The van der Waals surface area contributed by atoms with Crippen molar-refractivity contribution in [2.24, 2.45) is 0 Å². The average Bonchev–Trinajstić information content (AvgIpc) is 2.61. The highest BCUT2D eigenvalue weighted by Crippen LogP contribution is 2.23. The van der Waals surface area contributed by atoms with E-state index in [9.17, 15) is 5.11 Å². The van der Waals surface area contributed by atoms with Crippen LogP contribution in [0.2, 0.25) is 19.6 Å². The first-order chi connectivity index (χ1) is 12.4. The summed E-state index contributed by atoms with van der Waals surface area (Å²) in [6, 6.07) is 10.5. The third-order valence-corrected chi connectivity index (χ3v) is 7.47. The molecule has 0 radical (unpaired) electrons. The average molecular weight is 375 g/mol. The van der Waals surface area contributed by atoms with Crippen LogP contribution in [0.3, 0.4) is 0 Å². The second kappa shape index (κ2) is 13.3. The number of hydrogen-bond acceptors (Lipinski definition) is 1. The Hall–Kier alpha value is -0.863. The number of benzene rings is 1. The van der Waals surface area contributed by atoms with E-state index in [0.717, 1.165) is 19.3 Å². The third-order valence-electron chi connectivity index (χ3n) is 5.20. The maximum atomic E-state index is 10.8. The van der Waals surface area contributed by atoms with Gasteiger partial charge in [-0.25, -0.2) is 0 Å². The van der Waals surface area contributed by atoms with Gasteiger partial charge in [0.25, 0.3) is 0 Å². The molecule has 0 aliphatic carbocycles. The first-order valence-corrected chi connectivity index (χ1v) is 14.4. The van der Waals surface area contributed by atoms with E-state index in [1.165, 1.54) is 62.1 Å². The van der Waals surface area contributed by atoms with E-state index >= 15 is 0 Å². The summed E-state index contributed by atoms with van der Waals surface area (Å²) in [5.41, 5.74) is 1.32. The molecule has 0 spiro atoms. The molecular weight excluding hydrogens is 332 g/mol. The standard InChI is InChI=1S/C24H42OSi/c1-5-6-7-8-9-10-11-12-16-19-24(26(2,3)4)23(25)21-20-22-17-14-13-15-18-22/h13-15,17-19,23,25H,5-12,16,20-21H2,1-4H3. The number of allylic oxidation sites excluding steroid dienone is 1. The lowest BCUT2D eigenvalue weighted by molar-refractivity contribution is 0.206. The van der Waals surface area contributed by atoms with Crippen molar-refractivity contribution in [3.05, 3.63) is 47.2 Å². The summed E-state index contributed by atoms with van der Waals surface area (Å²) in [7, 11) is -1.47. The zero-order chi connectivity index (χ0) is 19.3. The topological polar surface area (TPSA) is 20.2 Å². The molecule has 1 N–H and O–H groups in total. The van der Waals surface area contributed by atoms with Crippen LogP contribution in [0.5, 0.6) is 0 Å². The van der Waals surface area contributed by atoms with E-state index in [4.69, 9.17) is 0 Å². The van der Waals surface area contributed by atoms with Crippen molar-refractivity contribution in [3.63, 3.8) is 0 Å². The Morgan fingerprint density at radius 1 is 0.923 bits per heavy atom. The van der Waals surface area contributed by atoms with Gasteiger partial charge in [0.2, 0.25) is 0 Å². The molecule has 0 amide bonds. The fraction of sp³-hybridized carbons (Fsp3) is 0.667. The molecule has 0 fully saturated rings. The van der Waals surface area contributed by atoms with E-state index < -0.39 is 8.07 Å². The molecule has 26 heavy (non-hydrogen) atoms. The minimum absolute atomic E-state index is 0.268. The number of aryl methyl sites for hydroxylation is 1. The van der Waals surface area contributed by atoms with Crippen molar-refractivity contribution in [3.8, 4) is 0 Å². The van der Waals surface area contributed by atoms with E-state index in [0.29, 0.717) is 0 Å². The Balaban J connectivity index is 2.36. The molecule has 0 aliphatic heterocycles. The molecule has 0 saturated carbocycles. The Morgan fingerprint density at radius 3 is 2.08 bits per heavy atom. The third kappa shape index (κ3) is 10.3. The summed E-state index contributed by atoms with van der Waals surface area (Å²) in [5.74, 6) is 0. The first-order valence-electron chi connectivity index (χ1n) is 10.9. The predicted octanol–water partition coefficient (Wildman–Crippen LogP) is 7.31. The molecule has 1 atom stereocenters. The Kier molecular flexibility index (Phi) is 11.9. The quantitative estimate of drug-likeness (QED) is 0.267. The summed E-state index contributed by atoms with van der Waals surface area (Å²) in [6.07, 6.45) is 16.0. The van der Waals surface area contributed by atoms with Crippen LogP contribution in [-0.4, -0.2) is 19.3 Å². The molecule has 1 aromatic rings. The summed E-state index contributed by atoms with van der Waals surface area (Å²) in [5, 5.41) is 12.2. The Morgan fingerprint density at radius 2 is 1.50 bits per heavy atom. The lowest BCUT2D eigenvalue weighted by atomic mass is 10.0. The zero-order valence-corrected chi connectivity index (χ0v) is 18.8. The monoisotopic (exact) mass is 374 g/mol. The van der Waals surface area contributed by atoms with Crippen LogP contribution in [0.25, 0.3) is 0 Å². The molecule has 2 heteroatoms. The van der Waals surface area contributed by atoms with Crippen molar-refractivity contribution in [1.82, 2.24) is 0 Å². The minimum Gasteiger partial charge on any atom is -0.389 e. The van der Waals surface area contributed by atoms with Crippen LogP contribution in [-0.2, 0) is 6.42 Å². The van der Waals surface area contributed by atoms with Crippen LogP contribution >= 0.6 is 0 Å². The van der Waals surface area contributed by atoms with Gasteiger partial charge in [-0.15, -0.1) is 0 Å². The van der Waals surface area contributed by atoms with Crippen LogP contribution in [0.1, 0.15) is 76.7 Å². The Bertz CT molecular complexity index is 487. The highest BCUT2D eigenvalue weighted by Gasteiger charge is 2.25. The summed E-state index contributed by atoms with van der Waals surface area (Å²) in [6.45, 7) is 9.35. The second-order valence-electron chi connectivity index (χ2n) is 8.71. The molecule has 0 aromatic heterocycles. The molecule has 0 bridgehead atoms. The maximum Gasteiger partial charge on any atom is 0.0753 e. The number of hydrogen-bond donors (Lipinski definition) is 1. The second-order valence-corrected chi connectivity index (χ2v) is 13.8. The maximum absolute atomic E-state index is 10.8. The number of unbranched alkanes of at least 4 members (excludes halogenated alkanes) is 8. The summed E-state index contributed by atoms with van der Waals surface area (Å²) < 4.78 is 0. The summed E-state index contributed by atoms with van der Waals surface area (Å²) in [4.78, 5) is 0. The van der Waals surface area contributed by atoms with Crippen molar-refractivity contribution < 1.29 is 5.11 Å². The number of aliphatic hydroxyl groups excluding tert-OH is 1. The molecule has 1 rings (SSSR count). The highest BCUT2D eigenvalue weighted by molar-refractivity contribution is 6.83. The molecule has 0 saturated heterocycles. The molecule has 1 aromatic carbocycles. The van der Waals surface area contributed by atoms with Crippen LogP contribution < -0.4 is 0 Å². The van der Waals surface area contributed by atoms with Crippen molar-refractivity contribution in [2.45, 2.75) is 103 Å². The highest BCUT2D eigenvalue weighted by atomic mass is 28.3. The number of aliphatic hydroxyl groups is 1. The van der Waals surface area contributed by atoms with E-state index in [1.807, 2.05) is 0 Å². The van der Waals surface area contributed by atoms with E-state index in [2.05, 4.69) is 63.0 Å². The van der Waals surface area contributed by atoms with Gasteiger partial charge < -0.3 is 5.11 Å². The van der Waals surface area contributed by atoms with Gasteiger partial charge in [0.1, 0.15) is 0 Å². The molecule has 0 heterocycles. The number of rotatable bonds is 14. The molecule has 1 unspecified atom stereocenters. The van der Waals surface area contributed by atoms with Crippen molar-refractivity contribution in [2.75, 3.05) is 0 Å². The van der Waals surface area contributed by atoms with E-state index in [-0.39, 0.29) is 6.10 Å². The van der Waals surface area contributed by atoms with Crippen molar-refractivity contribution in [1.29, 1.82) is 0 Å². The van der Waals surface area contributed by atoms with Crippen LogP contribution in [0.15, 0.2) is 41.6 Å². The van der Waals surface area contributed by atoms with Gasteiger partial charge in [-0.1, -0.05) is 113 Å². The molecule has 1 nitrogen and oxygen atoms in total. The first kappa shape index (κ1) is 23.2. The Labute approximate surface area is 163 Å². The molecular formula is C24H42OSi. The van der Waals surface area contributed by atoms with Crippen molar-refractivity contribution >= 4 is 8.07 Å². The fourth-order valence-electron chi connectivity index (χ4n) is 3.58. The lowest BCUT2D eigenvalue weighted by Crippen LogP contribution is -2.32. The van der Waals surface area contributed by atoms with E-state index in [1.54, 1.807) is 0 Å². The predicted molar refractivity (Wildman–Crippen MR) is 119 cm³/mol. The van der Waals surface area contributed by atoms with Gasteiger partial charge in [-0.2, -0.15) is 0 Å². The van der Waals surface area contributed by atoms with Gasteiger partial charge in [-0.05, 0) is 31.2 Å². The van der Waals surface area contributed by atoms with Gasteiger partial charge in [0.15, 0.2) is 0 Å². The van der Waals surface area contributed by atoms with Gasteiger partial charge >= 0.3 is 0 Å². The SMILES string of the molecule is CCCCCCCCCCC=C(C(O)CCc1ccccc1)[Si](C)(C)C. The van der Waals surface area contributed by atoms with Gasteiger partial charge in [-0.3, -0.25) is 0 Å². The van der Waals surface area contributed by atoms with Gasteiger partial charge in [0.05, 0.1) is 14.2 Å². The molecule has 148 valence electrons. The lowest BCUT2D eigenvalue weighted by Gasteiger charge is -2.26. The van der Waals surface area contributed by atoms with Gasteiger partial charge in [0, 0.05) is 0 Å². The minimum atomic E-state index is -1.47. The smallest absolute Gasteiger partial charge is 0.0753 e. The fourth-order valence-corrected chi connectivity index (χ4v) is 5.48.